The van der Waals surface area contributed by atoms with E-state index in [-0.39, 0.29) is 12.6 Å². The molecule has 5 nitrogen and oxygen atoms in total. The highest BCUT2D eigenvalue weighted by molar-refractivity contribution is 7.92. The van der Waals surface area contributed by atoms with Crippen molar-refractivity contribution in [1.82, 2.24) is 0 Å². The number of para-hydroxylation sites is 1. The number of hydrogen-bond donors (Lipinski definition) is 0. The first-order chi connectivity index (χ1) is 10.2. The lowest BCUT2D eigenvalue weighted by Crippen LogP contribution is -2.37. The summed E-state index contributed by atoms with van der Waals surface area (Å²) in [5.41, 5.74) is 2.42. The smallest absolute Gasteiger partial charge is 0.327 e. The monoisotopic (exact) mass is 327 g/mol. The second-order valence-corrected chi connectivity index (χ2v) is 7.35. The van der Waals surface area contributed by atoms with Crippen molar-refractivity contribution < 1.29 is 17.9 Å². The van der Waals surface area contributed by atoms with Crippen molar-refractivity contribution in [3.63, 3.8) is 0 Å². The highest BCUT2D eigenvalue weighted by Gasteiger charge is 2.25. The van der Waals surface area contributed by atoms with Crippen LogP contribution in [-0.2, 0) is 32.4 Å². The first-order valence-electron chi connectivity index (χ1n) is 7.48. The van der Waals surface area contributed by atoms with Crippen LogP contribution in [0.4, 0.5) is 5.69 Å². The summed E-state index contributed by atoms with van der Waals surface area (Å²) in [6, 6.07) is 5.69. The fourth-order valence-corrected chi connectivity index (χ4v) is 3.22. The third-order valence-electron chi connectivity index (χ3n) is 3.25. The Morgan fingerprint density at radius 3 is 2.05 bits per heavy atom. The highest BCUT2D eigenvalue weighted by atomic mass is 32.2. The minimum Gasteiger partial charge on any atom is -0.462 e. The Kier molecular flexibility index (Phi) is 6.41. The highest BCUT2D eigenvalue weighted by Crippen LogP contribution is 2.29. The molecular formula is C16H25NO4S. The zero-order valence-electron chi connectivity index (χ0n) is 13.9. The Labute approximate surface area is 133 Å². The van der Waals surface area contributed by atoms with Gasteiger partial charge in [0.25, 0.3) is 0 Å². The third kappa shape index (κ3) is 4.73. The number of sulfonamides is 1. The molecule has 0 saturated heterocycles. The minimum atomic E-state index is -3.58. The van der Waals surface area contributed by atoms with E-state index >= 15 is 0 Å². The summed E-state index contributed by atoms with van der Waals surface area (Å²) in [5, 5.41) is 0. The average molecular weight is 327 g/mol. The Hall–Kier alpha value is -1.56. The van der Waals surface area contributed by atoms with Gasteiger partial charge in [-0.25, -0.2) is 8.42 Å². The Morgan fingerprint density at radius 1 is 1.18 bits per heavy atom. The van der Waals surface area contributed by atoms with Crippen LogP contribution in [0.5, 0.6) is 0 Å². The van der Waals surface area contributed by atoms with Crippen molar-refractivity contribution in [2.45, 2.75) is 46.6 Å². The first-order valence-corrected chi connectivity index (χ1v) is 9.33. The van der Waals surface area contributed by atoms with E-state index in [9.17, 15) is 13.2 Å². The lowest BCUT2D eigenvalue weighted by Gasteiger charge is -2.26. The summed E-state index contributed by atoms with van der Waals surface area (Å²) in [4.78, 5) is 12.0. The number of rotatable bonds is 7. The number of aryl methyl sites for hydroxylation is 2. The molecule has 0 unspecified atom stereocenters. The van der Waals surface area contributed by atoms with E-state index in [1.54, 1.807) is 13.8 Å². The summed E-state index contributed by atoms with van der Waals surface area (Å²) < 4.78 is 30.7. The lowest BCUT2D eigenvalue weighted by molar-refractivity contribution is -0.145. The Bertz CT molecular complexity index is 601. The molecule has 0 aliphatic rings. The maximum atomic E-state index is 12.2. The summed E-state index contributed by atoms with van der Waals surface area (Å²) in [5.74, 6) is -0.548. The number of ether oxygens (including phenoxy) is 1. The van der Waals surface area contributed by atoms with E-state index in [0.717, 1.165) is 21.7 Å². The summed E-state index contributed by atoms with van der Waals surface area (Å²) in [6.07, 6.45) is 2.21. The number of esters is 1. The van der Waals surface area contributed by atoms with Crippen molar-refractivity contribution >= 4 is 21.7 Å². The van der Waals surface area contributed by atoms with Crippen molar-refractivity contribution in [3.05, 3.63) is 29.3 Å². The molecule has 124 valence electrons. The molecule has 0 heterocycles. The average Bonchev–Trinajstić information content (AvgIpc) is 2.42. The van der Waals surface area contributed by atoms with Gasteiger partial charge >= 0.3 is 5.97 Å². The predicted molar refractivity (Wildman–Crippen MR) is 88.6 cm³/mol. The molecule has 0 radical (unpaired) electrons. The summed E-state index contributed by atoms with van der Waals surface area (Å²) >= 11 is 0. The molecule has 0 bridgehead atoms. The number of nitrogens with zero attached hydrogens (tertiary/aromatic N) is 1. The molecule has 0 amide bonds. The number of hydrogen-bond acceptors (Lipinski definition) is 4. The van der Waals surface area contributed by atoms with Crippen LogP contribution < -0.4 is 4.31 Å². The largest absolute Gasteiger partial charge is 0.462 e. The Morgan fingerprint density at radius 2 is 1.68 bits per heavy atom. The van der Waals surface area contributed by atoms with Crippen molar-refractivity contribution in [1.29, 1.82) is 0 Å². The van der Waals surface area contributed by atoms with Gasteiger partial charge in [0.15, 0.2) is 0 Å². The second kappa shape index (κ2) is 7.63. The fraction of sp³-hybridized carbons (Fsp3) is 0.562. The number of carbonyl (C=O) groups is 1. The van der Waals surface area contributed by atoms with Gasteiger partial charge < -0.3 is 4.74 Å². The molecule has 0 aromatic heterocycles. The van der Waals surface area contributed by atoms with Crippen molar-refractivity contribution in [2.75, 3.05) is 17.1 Å². The molecule has 0 N–H and O–H groups in total. The van der Waals surface area contributed by atoms with Crippen LogP contribution in [0.3, 0.4) is 0 Å². The molecule has 0 fully saturated rings. The van der Waals surface area contributed by atoms with E-state index in [1.165, 1.54) is 0 Å². The van der Waals surface area contributed by atoms with Gasteiger partial charge in [0.1, 0.15) is 6.54 Å². The Balaban J connectivity index is 3.33. The van der Waals surface area contributed by atoms with Gasteiger partial charge in [0.2, 0.25) is 10.0 Å². The van der Waals surface area contributed by atoms with Crippen LogP contribution in [0.1, 0.15) is 38.8 Å². The van der Waals surface area contributed by atoms with E-state index in [2.05, 4.69) is 0 Å². The normalized spacial score (nSPS) is 11.5. The second-order valence-electron chi connectivity index (χ2n) is 5.44. The molecule has 1 rings (SSSR count). The van der Waals surface area contributed by atoms with Crippen LogP contribution in [0.15, 0.2) is 18.2 Å². The number of carbonyl (C=O) groups excluding carboxylic acids is 1. The molecule has 0 aliphatic heterocycles. The summed E-state index contributed by atoms with van der Waals surface area (Å²) in [7, 11) is -3.58. The quantitative estimate of drug-likeness (QED) is 0.722. The predicted octanol–water partition coefficient (Wildman–Crippen LogP) is 2.53. The van der Waals surface area contributed by atoms with Gasteiger partial charge in [-0.3, -0.25) is 9.10 Å². The molecule has 0 spiro atoms. The first kappa shape index (κ1) is 18.5. The van der Waals surface area contributed by atoms with Gasteiger partial charge in [-0.15, -0.1) is 0 Å². The van der Waals surface area contributed by atoms with Crippen LogP contribution in [0.25, 0.3) is 0 Å². The maximum absolute atomic E-state index is 12.2. The van der Waals surface area contributed by atoms with E-state index < -0.39 is 16.0 Å². The summed E-state index contributed by atoms with van der Waals surface area (Å²) in [6.45, 7) is 7.09. The molecule has 0 aliphatic carbocycles. The molecule has 1 aromatic carbocycles. The molecule has 0 saturated carbocycles. The molecule has 6 heteroatoms. The van der Waals surface area contributed by atoms with Gasteiger partial charge in [-0.2, -0.15) is 0 Å². The molecular weight excluding hydrogens is 302 g/mol. The topological polar surface area (TPSA) is 63.7 Å². The van der Waals surface area contributed by atoms with E-state index in [4.69, 9.17) is 4.74 Å². The fourth-order valence-electron chi connectivity index (χ4n) is 2.32. The third-order valence-corrected chi connectivity index (χ3v) is 4.37. The zero-order chi connectivity index (χ0) is 16.9. The van der Waals surface area contributed by atoms with Gasteiger partial charge in [0, 0.05) is 0 Å². The number of benzene rings is 1. The van der Waals surface area contributed by atoms with Crippen LogP contribution in [0, 0.1) is 0 Å². The lowest BCUT2D eigenvalue weighted by atomic mass is 10.0. The van der Waals surface area contributed by atoms with Crippen LogP contribution in [-0.4, -0.2) is 33.3 Å². The standard InChI is InChI=1S/C16H25NO4S/c1-6-13-9-8-10-14(7-2)16(13)17(22(5,19)20)11-15(18)21-12(3)4/h8-10,12H,6-7,11H2,1-5H3. The molecule has 1 aromatic rings. The maximum Gasteiger partial charge on any atom is 0.327 e. The van der Waals surface area contributed by atoms with Crippen LogP contribution >= 0.6 is 0 Å². The number of anilines is 1. The van der Waals surface area contributed by atoms with Crippen molar-refractivity contribution in [3.8, 4) is 0 Å². The zero-order valence-corrected chi connectivity index (χ0v) is 14.7. The molecule has 22 heavy (non-hydrogen) atoms. The van der Waals surface area contributed by atoms with Crippen molar-refractivity contribution in [2.24, 2.45) is 0 Å². The van der Waals surface area contributed by atoms with Gasteiger partial charge in [-0.1, -0.05) is 32.0 Å². The van der Waals surface area contributed by atoms with E-state index in [1.807, 2.05) is 32.0 Å². The van der Waals surface area contributed by atoms with Crippen LogP contribution in [0.2, 0.25) is 0 Å². The SMILES string of the molecule is CCc1cccc(CC)c1N(CC(=O)OC(C)C)S(C)(=O)=O. The van der Waals surface area contributed by atoms with E-state index in [0.29, 0.717) is 18.5 Å². The molecule has 0 atom stereocenters. The minimum absolute atomic E-state index is 0.277. The van der Waals surface area contributed by atoms with Gasteiger partial charge in [-0.05, 0) is 37.8 Å². The van der Waals surface area contributed by atoms with Gasteiger partial charge in [0.05, 0.1) is 18.0 Å².